The Morgan fingerprint density at radius 2 is 2.33 bits per heavy atom. The number of alkyl halides is 1. The van der Waals surface area contributed by atoms with Gasteiger partial charge >= 0.3 is 0 Å². The number of nitrogens with one attached hydrogen (secondary N) is 1. The predicted molar refractivity (Wildman–Crippen MR) is 51.3 cm³/mol. The highest BCUT2D eigenvalue weighted by molar-refractivity contribution is 6.16. The quantitative estimate of drug-likeness (QED) is 0.720. The zero-order chi connectivity index (χ0) is 8.97. The molecule has 12 heavy (non-hydrogen) atoms. The Morgan fingerprint density at radius 3 is 2.83 bits per heavy atom. The smallest absolute Gasteiger partial charge is 0.106 e. The fourth-order valence-electron chi connectivity index (χ4n) is 1.03. The maximum Gasteiger partial charge on any atom is 0.106 e. The SMILES string of the molecule is CC(C)CCc1ncc(CCl)[nH]1. The van der Waals surface area contributed by atoms with Crippen molar-refractivity contribution in [2.75, 3.05) is 0 Å². The van der Waals surface area contributed by atoms with Crippen LogP contribution in [-0.2, 0) is 12.3 Å². The molecule has 0 amide bonds. The maximum atomic E-state index is 5.63. The second kappa shape index (κ2) is 4.51. The Morgan fingerprint density at radius 1 is 1.58 bits per heavy atom. The van der Waals surface area contributed by atoms with Crippen LogP contribution in [0.25, 0.3) is 0 Å². The van der Waals surface area contributed by atoms with E-state index in [1.54, 1.807) is 0 Å². The van der Waals surface area contributed by atoms with Gasteiger partial charge in [0, 0.05) is 18.3 Å². The largest absolute Gasteiger partial charge is 0.345 e. The van der Waals surface area contributed by atoms with E-state index in [2.05, 4.69) is 23.8 Å². The molecule has 1 rings (SSSR count). The van der Waals surface area contributed by atoms with Gasteiger partial charge in [0.05, 0.1) is 5.88 Å². The Kier molecular flexibility index (Phi) is 3.60. The molecule has 1 heterocycles. The van der Waals surface area contributed by atoms with Crippen LogP contribution in [0.5, 0.6) is 0 Å². The number of imidazole rings is 1. The van der Waals surface area contributed by atoms with Crippen LogP contribution in [-0.4, -0.2) is 9.97 Å². The number of aromatic amines is 1. The van der Waals surface area contributed by atoms with Gasteiger partial charge < -0.3 is 4.98 Å². The predicted octanol–water partition coefficient (Wildman–Crippen LogP) is 2.74. The summed E-state index contributed by atoms with van der Waals surface area (Å²) in [5, 5.41) is 0. The summed E-state index contributed by atoms with van der Waals surface area (Å²) in [5.74, 6) is 2.31. The summed E-state index contributed by atoms with van der Waals surface area (Å²) in [6.07, 6.45) is 4.01. The summed E-state index contributed by atoms with van der Waals surface area (Å²) in [4.78, 5) is 7.39. The highest BCUT2D eigenvalue weighted by Crippen LogP contribution is 2.07. The van der Waals surface area contributed by atoms with Gasteiger partial charge in [0.2, 0.25) is 0 Å². The topological polar surface area (TPSA) is 28.7 Å². The molecule has 0 aliphatic rings. The van der Waals surface area contributed by atoms with Crippen molar-refractivity contribution in [1.82, 2.24) is 9.97 Å². The summed E-state index contributed by atoms with van der Waals surface area (Å²) in [7, 11) is 0. The molecule has 0 saturated heterocycles. The minimum atomic E-state index is 0.522. The molecule has 2 nitrogen and oxygen atoms in total. The molecule has 0 aliphatic carbocycles. The van der Waals surface area contributed by atoms with Crippen LogP contribution in [0, 0.1) is 5.92 Å². The van der Waals surface area contributed by atoms with Gasteiger partial charge in [-0.2, -0.15) is 0 Å². The zero-order valence-electron chi connectivity index (χ0n) is 7.60. The number of aromatic nitrogens is 2. The van der Waals surface area contributed by atoms with Crippen molar-refractivity contribution < 1.29 is 0 Å². The van der Waals surface area contributed by atoms with Gasteiger partial charge in [-0.05, 0) is 12.3 Å². The third-order valence-corrected chi connectivity index (χ3v) is 2.07. The van der Waals surface area contributed by atoms with E-state index in [1.807, 2.05) is 6.20 Å². The van der Waals surface area contributed by atoms with Crippen molar-refractivity contribution in [1.29, 1.82) is 0 Å². The molecular weight excluding hydrogens is 172 g/mol. The van der Waals surface area contributed by atoms with Crippen molar-refractivity contribution in [3.8, 4) is 0 Å². The van der Waals surface area contributed by atoms with Crippen molar-refractivity contribution >= 4 is 11.6 Å². The molecule has 0 unspecified atom stereocenters. The molecule has 0 aliphatic heterocycles. The molecule has 1 aromatic rings. The standard InChI is InChI=1S/C9H15ClN2/c1-7(2)3-4-9-11-6-8(5-10)12-9/h6-7H,3-5H2,1-2H3,(H,11,12). The molecule has 1 N–H and O–H groups in total. The first-order valence-corrected chi connectivity index (χ1v) is 4.84. The van der Waals surface area contributed by atoms with E-state index in [4.69, 9.17) is 11.6 Å². The second-order valence-corrected chi connectivity index (χ2v) is 3.69. The maximum absolute atomic E-state index is 5.63. The Bertz CT molecular complexity index is 230. The molecule has 1 aromatic heterocycles. The zero-order valence-corrected chi connectivity index (χ0v) is 8.36. The van der Waals surface area contributed by atoms with Crippen molar-refractivity contribution in [3.05, 3.63) is 17.7 Å². The van der Waals surface area contributed by atoms with Crippen LogP contribution >= 0.6 is 11.6 Å². The van der Waals surface area contributed by atoms with E-state index >= 15 is 0 Å². The number of hydrogen-bond donors (Lipinski definition) is 1. The van der Waals surface area contributed by atoms with Gasteiger partial charge in [-0.15, -0.1) is 11.6 Å². The van der Waals surface area contributed by atoms with Gasteiger partial charge in [-0.1, -0.05) is 13.8 Å². The highest BCUT2D eigenvalue weighted by Gasteiger charge is 2.00. The number of halogens is 1. The summed E-state index contributed by atoms with van der Waals surface area (Å²) in [6, 6.07) is 0. The lowest BCUT2D eigenvalue weighted by Gasteiger charge is -2.00. The summed E-state index contributed by atoms with van der Waals surface area (Å²) in [6.45, 7) is 4.43. The van der Waals surface area contributed by atoms with Gasteiger partial charge in [0.15, 0.2) is 0 Å². The number of H-pyrrole nitrogens is 1. The van der Waals surface area contributed by atoms with Crippen LogP contribution in [0.15, 0.2) is 6.20 Å². The van der Waals surface area contributed by atoms with Crippen LogP contribution in [0.1, 0.15) is 31.8 Å². The van der Waals surface area contributed by atoms with Crippen LogP contribution < -0.4 is 0 Å². The molecule has 68 valence electrons. The van der Waals surface area contributed by atoms with Gasteiger partial charge in [0.25, 0.3) is 0 Å². The van der Waals surface area contributed by atoms with E-state index < -0.39 is 0 Å². The van der Waals surface area contributed by atoms with Gasteiger partial charge in [0.1, 0.15) is 5.82 Å². The Balaban J connectivity index is 2.41. The normalized spacial score (nSPS) is 11.0. The van der Waals surface area contributed by atoms with Crippen LogP contribution in [0.2, 0.25) is 0 Å². The molecule has 0 fully saturated rings. The van der Waals surface area contributed by atoms with E-state index in [0.717, 1.165) is 23.9 Å². The molecule has 0 atom stereocenters. The Labute approximate surface area is 78.4 Å². The lowest BCUT2D eigenvalue weighted by molar-refractivity contribution is 0.576. The van der Waals surface area contributed by atoms with Crippen LogP contribution in [0.3, 0.4) is 0 Å². The fraction of sp³-hybridized carbons (Fsp3) is 0.667. The average molecular weight is 187 g/mol. The second-order valence-electron chi connectivity index (χ2n) is 3.42. The molecule has 0 aromatic carbocycles. The number of rotatable bonds is 4. The first-order chi connectivity index (χ1) is 5.72. The minimum Gasteiger partial charge on any atom is -0.345 e. The molecule has 3 heteroatoms. The van der Waals surface area contributed by atoms with E-state index in [9.17, 15) is 0 Å². The summed E-state index contributed by atoms with van der Waals surface area (Å²) >= 11 is 5.63. The van der Waals surface area contributed by atoms with E-state index in [0.29, 0.717) is 5.88 Å². The van der Waals surface area contributed by atoms with Crippen LogP contribution in [0.4, 0.5) is 0 Å². The molecular formula is C9H15ClN2. The minimum absolute atomic E-state index is 0.522. The molecule has 0 spiro atoms. The van der Waals surface area contributed by atoms with Gasteiger partial charge in [-0.3, -0.25) is 0 Å². The highest BCUT2D eigenvalue weighted by atomic mass is 35.5. The summed E-state index contributed by atoms with van der Waals surface area (Å²) < 4.78 is 0. The molecule has 0 saturated carbocycles. The number of nitrogens with zero attached hydrogens (tertiary/aromatic N) is 1. The molecule has 0 radical (unpaired) electrons. The van der Waals surface area contributed by atoms with Crippen molar-refractivity contribution in [2.45, 2.75) is 32.6 Å². The monoisotopic (exact) mass is 186 g/mol. The van der Waals surface area contributed by atoms with E-state index in [1.165, 1.54) is 6.42 Å². The first kappa shape index (κ1) is 9.59. The number of aryl methyl sites for hydroxylation is 1. The summed E-state index contributed by atoms with van der Waals surface area (Å²) in [5.41, 5.74) is 1.01. The van der Waals surface area contributed by atoms with Gasteiger partial charge in [-0.25, -0.2) is 4.98 Å². The average Bonchev–Trinajstić information content (AvgIpc) is 2.48. The lowest BCUT2D eigenvalue weighted by atomic mass is 10.1. The first-order valence-electron chi connectivity index (χ1n) is 4.31. The van der Waals surface area contributed by atoms with Crippen molar-refractivity contribution in [3.63, 3.8) is 0 Å². The third-order valence-electron chi connectivity index (χ3n) is 1.78. The lowest BCUT2D eigenvalue weighted by Crippen LogP contribution is -1.94. The number of hydrogen-bond acceptors (Lipinski definition) is 1. The fourth-order valence-corrected chi connectivity index (χ4v) is 1.16. The van der Waals surface area contributed by atoms with E-state index in [-0.39, 0.29) is 0 Å². The van der Waals surface area contributed by atoms with Crippen molar-refractivity contribution in [2.24, 2.45) is 5.92 Å². The molecule has 0 bridgehead atoms. The Hall–Kier alpha value is -0.500. The third kappa shape index (κ3) is 2.86.